The number of nitrogens with one attached hydrogen (secondary N) is 1. The molecule has 2 aromatic carbocycles. The predicted molar refractivity (Wildman–Crippen MR) is 107 cm³/mol. The number of primary amides is 1. The normalized spacial score (nSPS) is 11.7. The zero-order chi connectivity index (χ0) is 22.7. The third-order valence-electron chi connectivity index (χ3n) is 4.53. The Labute approximate surface area is 173 Å². The van der Waals surface area contributed by atoms with E-state index in [0.29, 0.717) is 10.9 Å². The Morgan fingerprint density at radius 3 is 2.45 bits per heavy atom. The minimum atomic E-state index is -1.27. The first-order valence-corrected chi connectivity index (χ1v) is 8.94. The molecule has 0 aliphatic rings. The topological polar surface area (TPSA) is 186 Å². The van der Waals surface area contributed by atoms with Crippen molar-refractivity contribution in [3.05, 3.63) is 74.1 Å². The molecule has 0 spiro atoms. The molecule has 160 valence electrons. The van der Waals surface area contributed by atoms with E-state index >= 15 is 0 Å². The van der Waals surface area contributed by atoms with E-state index < -0.39 is 34.1 Å². The fourth-order valence-electron chi connectivity index (χ4n) is 3.12. The van der Waals surface area contributed by atoms with Crippen molar-refractivity contribution in [2.45, 2.75) is 18.9 Å². The number of rotatable bonds is 7. The Balaban J connectivity index is 1.83. The van der Waals surface area contributed by atoms with Gasteiger partial charge in [-0.05, 0) is 29.8 Å². The smallest absolute Gasteiger partial charge is 0.336 e. The molecule has 1 heterocycles. The van der Waals surface area contributed by atoms with Crippen LogP contribution >= 0.6 is 0 Å². The quantitative estimate of drug-likeness (QED) is 0.243. The maximum atomic E-state index is 12.5. The summed E-state index contributed by atoms with van der Waals surface area (Å²) >= 11 is 0. The molecule has 0 bridgehead atoms. The molecular formula is C20H17N3O8. The molecule has 3 rings (SSSR count). The summed E-state index contributed by atoms with van der Waals surface area (Å²) < 4.78 is 5.00. The number of nitro benzene ring substituents is 1. The van der Waals surface area contributed by atoms with Crippen molar-refractivity contribution in [1.82, 2.24) is 5.32 Å². The van der Waals surface area contributed by atoms with Crippen LogP contribution in [0.4, 0.5) is 5.69 Å². The molecule has 0 radical (unpaired) electrons. The van der Waals surface area contributed by atoms with Crippen molar-refractivity contribution in [2.75, 3.05) is 0 Å². The number of aromatic hydroxyl groups is 2. The molecule has 11 nitrogen and oxygen atoms in total. The van der Waals surface area contributed by atoms with Crippen LogP contribution in [-0.2, 0) is 22.4 Å². The monoisotopic (exact) mass is 427 g/mol. The third-order valence-corrected chi connectivity index (χ3v) is 4.53. The first kappa shape index (κ1) is 21.3. The molecule has 0 aliphatic carbocycles. The summed E-state index contributed by atoms with van der Waals surface area (Å²) in [5.74, 6) is -2.03. The maximum Gasteiger partial charge on any atom is 0.336 e. The number of hydrogen-bond donors (Lipinski definition) is 4. The largest absolute Gasteiger partial charge is 0.508 e. The average molecular weight is 427 g/mol. The van der Waals surface area contributed by atoms with Crippen LogP contribution in [0.1, 0.15) is 11.1 Å². The number of amides is 2. The van der Waals surface area contributed by atoms with E-state index in [2.05, 4.69) is 5.32 Å². The van der Waals surface area contributed by atoms with Gasteiger partial charge in [-0.15, -0.1) is 0 Å². The number of phenolic OH excluding ortho intramolecular Hbond substituents is 2. The molecule has 31 heavy (non-hydrogen) atoms. The molecule has 11 heteroatoms. The Morgan fingerprint density at radius 1 is 1.10 bits per heavy atom. The van der Waals surface area contributed by atoms with Gasteiger partial charge in [0.15, 0.2) is 0 Å². The van der Waals surface area contributed by atoms with Crippen LogP contribution in [0.3, 0.4) is 0 Å². The summed E-state index contributed by atoms with van der Waals surface area (Å²) in [7, 11) is 0. The molecule has 1 aromatic heterocycles. The Hall–Kier alpha value is -4.41. The van der Waals surface area contributed by atoms with Gasteiger partial charge >= 0.3 is 5.63 Å². The van der Waals surface area contributed by atoms with Gasteiger partial charge in [0.2, 0.25) is 11.8 Å². The lowest BCUT2D eigenvalue weighted by molar-refractivity contribution is -0.385. The number of nitro groups is 1. The Bertz CT molecular complexity index is 1250. The number of carbonyl (C=O) groups excluding carboxylic acids is 2. The SMILES string of the molecule is NC(=O)[C@H](Cc1ccc(O)cc1[N+](=O)[O-])NC(=O)Cc1cc(=O)oc2cc(O)ccc12. The van der Waals surface area contributed by atoms with Crippen molar-refractivity contribution in [3.63, 3.8) is 0 Å². The number of carbonyl (C=O) groups is 2. The standard InChI is InChI=1S/C20H17N3O8/c21-20(28)15(5-10-1-2-12(24)8-16(10)23(29)30)22-18(26)6-11-7-19(27)31-17-9-13(25)3-4-14(11)17/h1-4,7-9,15,24-25H,5-6H2,(H2,21,28)(H,22,26)/t15-/m0/s1. The predicted octanol–water partition coefficient (Wildman–Crippen LogP) is 0.868. The number of hydrogen-bond acceptors (Lipinski definition) is 8. The molecular weight excluding hydrogens is 410 g/mol. The number of nitrogens with two attached hydrogens (primary N) is 1. The van der Waals surface area contributed by atoms with E-state index in [-0.39, 0.29) is 35.5 Å². The highest BCUT2D eigenvalue weighted by Gasteiger charge is 2.24. The summed E-state index contributed by atoms with van der Waals surface area (Å²) in [4.78, 5) is 46.6. The van der Waals surface area contributed by atoms with Gasteiger partial charge in [-0.1, -0.05) is 0 Å². The summed E-state index contributed by atoms with van der Waals surface area (Å²) in [5, 5.41) is 33.0. The first-order chi connectivity index (χ1) is 14.6. The van der Waals surface area contributed by atoms with Crippen molar-refractivity contribution >= 4 is 28.5 Å². The molecule has 5 N–H and O–H groups in total. The number of benzene rings is 2. The van der Waals surface area contributed by atoms with Crippen LogP contribution in [0.5, 0.6) is 11.5 Å². The highest BCUT2D eigenvalue weighted by molar-refractivity contribution is 5.91. The highest BCUT2D eigenvalue weighted by Crippen LogP contribution is 2.25. The van der Waals surface area contributed by atoms with E-state index in [9.17, 15) is 34.7 Å². The van der Waals surface area contributed by atoms with Crippen molar-refractivity contribution in [2.24, 2.45) is 5.73 Å². The Morgan fingerprint density at radius 2 is 1.77 bits per heavy atom. The van der Waals surface area contributed by atoms with Gasteiger partial charge in [0.05, 0.1) is 17.4 Å². The first-order valence-electron chi connectivity index (χ1n) is 8.94. The summed E-state index contributed by atoms with van der Waals surface area (Å²) in [6.07, 6.45) is -0.586. The molecule has 0 fully saturated rings. The molecule has 1 atom stereocenters. The number of nitrogens with zero attached hydrogens (tertiary/aromatic N) is 1. The number of phenols is 2. The molecule has 2 amide bonds. The highest BCUT2D eigenvalue weighted by atomic mass is 16.6. The fraction of sp³-hybridized carbons (Fsp3) is 0.150. The zero-order valence-electron chi connectivity index (χ0n) is 15.9. The second kappa shape index (κ2) is 8.53. The summed E-state index contributed by atoms with van der Waals surface area (Å²) in [5.41, 5.74) is 4.66. The van der Waals surface area contributed by atoms with Gasteiger partial charge in [-0.2, -0.15) is 0 Å². The lowest BCUT2D eigenvalue weighted by atomic mass is 10.0. The van der Waals surface area contributed by atoms with Crippen LogP contribution in [0.15, 0.2) is 51.7 Å². The van der Waals surface area contributed by atoms with Gasteiger partial charge in [-0.25, -0.2) is 4.79 Å². The minimum Gasteiger partial charge on any atom is -0.508 e. The van der Waals surface area contributed by atoms with Crippen LogP contribution < -0.4 is 16.7 Å². The van der Waals surface area contributed by atoms with Gasteiger partial charge in [0.1, 0.15) is 23.1 Å². The molecule has 0 aliphatic heterocycles. The zero-order valence-corrected chi connectivity index (χ0v) is 15.9. The summed E-state index contributed by atoms with van der Waals surface area (Å²) in [6, 6.07) is 7.32. The second-order valence-electron chi connectivity index (χ2n) is 6.74. The van der Waals surface area contributed by atoms with Crippen molar-refractivity contribution < 1.29 is 29.1 Å². The molecule has 0 saturated heterocycles. The van der Waals surface area contributed by atoms with E-state index in [1.54, 1.807) is 0 Å². The van der Waals surface area contributed by atoms with Crippen LogP contribution in [0.2, 0.25) is 0 Å². The summed E-state index contributed by atoms with van der Waals surface area (Å²) in [6.45, 7) is 0. The van der Waals surface area contributed by atoms with E-state index in [0.717, 1.165) is 12.1 Å². The molecule has 3 aromatic rings. The van der Waals surface area contributed by atoms with Crippen LogP contribution in [0, 0.1) is 10.1 Å². The third kappa shape index (κ3) is 4.96. The van der Waals surface area contributed by atoms with Gasteiger partial charge in [0, 0.05) is 29.5 Å². The fourth-order valence-corrected chi connectivity index (χ4v) is 3.12. The van der Waals surface area contributed by atoms with Gasteiger partial charge < -0.3 is 25.7 Å². The number of fused-ring (bicyclic) bond motifs is 1. The minimum absolute atomic E-state index is 0.0847. The van der Waals surface area contributed by atoms with Crippen LogP contribution in [-0.4, -0.2) is 33.0 Å². The van der Waals surface area contributed by atoms with E-state index in [1.165, 1.54) is 30.3 Å². The van der Waals surface area contributed by atoms with Crippen molar-refractivity contribution in [3.8, 4) is 11.5 Å². The Kier molecular flexibility index (Phi) is 5.86. The lowest BCUT2D eigenvalue weighted by Crippen LogP contribution is -2.46. The second-order valence-corrected chi connectivity index (χ2v) is 6.74. The van der Waals surface area contributed by atoms with E-state index in [1.807, 2.05) is 0 Å². The van der Waals surface area contributed by atoms with E-state index in [4.69, 9.17) is 10.2 Å². The average Bonchev–Trinajstić information content (AvgIpc) is 2.67. The van der Waals surface area contributed by atoms with Crippen molar-refractivity contribution in [1.29, 1.82) is 0 Å². The van der Waals surface area contributed by atoms with Gasteiger partial charge in [0.25, 0.3) is 5.69 Å². The lowest BCUT2D eigenvalue weighted by Gasteiger charge is -2.16. The molecule has 0 unspecified atom stereocenters. The maximum absolute atomic E-state index is 12.5. The van der Waals surface area contributed by atoms with Crippen LogP contribution in [0.25, 0.3) is 11.0 Å². The van der Waals surface area contributed by atoms with Gasteiger partial charge in [-0.3, -0.25) is 19.7 Å². The molecule has 0 saturated carbocycles.